The predicted octanol–water partition coefficient (Wildman–Crippen LogP) is 3.38. The molecular weight excluding hydrogens is 340 g/mol. The lowest BCUT2D eigenvalue weighted by Gasteiger charge is -2.17. The number of benzene rings is 2. The summed E-state index contributed by atoms with van der Waals surface area (Å²) in [6.45, 7) is 1.87. The molecule has 0 bridgehead atoms. The predicted molar refractivity (Wildman–Crippen MR) is 99.0 cm³/mol. The molecule has 0 aromatic heterocycles. The Hall–Kier alpha value is -2.53. The topological polar surface area (TPSA) is 58.6 Å². The van der Waals surface area contributed by atoms with E-state index in [1.165, 1.54) is 10.5 Å². The van der Waals surface area contributed by atoms with E-state index in [9.17, 15) is 9.59 Å². The van der Waals surface area contributed by atoms with Gasteiger partial charge in [-0.2, -0.15) is 0 Å². The van der Waals surface area contributed by atoms with Crippen LogP contribution in [-0.4, -0.2) is 36.9 Å². The van der Waals surface area contributed by atoms with E-state index in [2.05, 4.69) is 12.2 Å². The molecule has 0 unspecified atom stereocenters. The Kier molecular flexibility index (Phi) is 6.83. The van der Waals surface area contributed by atoms with Gasteiger partial charge in [-0.3, -0.25) is 9.59 Å². The summed E-state index contributed by atoms with van der Waals surface area (Å²) in [6.07, 6.45) is 0.947. The molecule has 1 N–H and O–H groups in total. The molecule has 25 heavy (non-hydrogen) atoms. The van der Waals surface area contributed by atoms with Crippen LogP contribution in [0.1, 0.15) is 12.5 Å². The highest BCUT2D eigenvalue weighted by atomic mass is 35.5. The number of rotatable bonds is 7. The average Bonchev–Trinajstić information content (AvgIpc) is 2.62. The Morgan fingerprint density at radius 1 is 1.12 bits per heavy atom. The van der Waals surface area contributed by atoms with Crippen LogP contribution in [0.4, 0.5) is 5.69 Å². The minimum Gasteiger partial charge on any atom is -0.484 e. The van der Waals surface area contributed by atoms with Crippen LogP contribution in [0.25, 0.3) is 0 Å². The van der Waals surface area contributed by atoms with E-state index < -0.39 is 0 Å². The lowest BCUT2D eigenvalue weighted by Crippen LogP contribution is -2.37. The van der Waals surface area contributed by atoms with Crippen LogP contribution in [0, 0.1) is 0 Å². The first kappa shape index (κ1) is 18.8. The molecule has 0 aliphatic carbocycles. The van der Waals surface area contributed by atoms with Crippen molar-refractivity contribution in [1.29, 1.82) is 0 Å². The lowest BCUT2D eigenvalue weighted by molar-refractivity contribution is -0.135. The van der Waals surface area contributed by atoms with Crippen LogP contribution >= 0.6 is 11.6 Å². The van der Waals surface area contributed by atoms with Crippen molar-refractivity contribution in [2.75, 3.05) is 25.5 Å². The van der Waals surface area contributed by atoms with E-state index >= 15 is 0 Å². The summed E-state index contributed by atoms with van der Waals surface area (Å²) in [5, 5.41) is 3.12. The molecular formula is C19H21ClN2O3. The first-order valence-electron chi connectivity index (χ1n) is 7.99. The molecule has 132 valence electrons. The van der Waals surface area contributed by atoms with Gasteiger partial charge in [0, 0.05) is 7.05 Å². The van der Waals surface area contributed by atoms with E-state index in [1.54, 1.807) is 31.3 Å². The molecule has 0 heterocycles. The van der Waals surface area contributed by atoms with Crippen molar-refractivity contribution in [2.24, 2.45) is 0 Å². The van der Waals surface area contributed by atoms with Gasteiger partial charge in [-0.05, 0) is 36.2 Å². The Morgan fingerprint density at radius 3 is 2.44 bits per heavy atom. The zero-order valence-corrected chi connectivity index (χ0v) is 15.0. The number of ether oxygens (including phenoxy) is 1. The molecule has 0 radical (unpaired) electrons. The molecule has 0 fully saturated rings. The van der Waals surface area contributed by atoms with E-state index in [4.69, 9.17) is 16.3 Å². The number of nitrogens with one attached hydrogen (secondary N) is 1. The van der Waals surface area contributed by atoms with Crippen molar-refractivity contribution in [3.05, 3.63) is 59.1 Å². The van der Waals surface area contributed by atoms with Crippen LogP contribution in [0.15, 0.2) is 48.5 Å². The molecule has 0 aliphatic rings. The molecule has 2 aromatic rings. The first-order chi connectivity index (χ1) is 12.0. The van der Waals surface area contributed by atoms with Crippen molar-refractivity contribution < 1.29 is 14.3 Å². The van der Waals surface area contributed by atoms with Gasteiger partial charge in [-0.15, -0.1) is 0 Å². The fourth-order valence-electron chi connectivity index (χ4n) is 2.13. The second kappa shape index (κ2) is 9.08. The Bertz CT molecular complexity index is 732. The van der Waals surface area contributed by atoms with Crippen LogP contribution in [-0.2, 0) is 16.0 Å². The van der Waals surface area contributed by atoms with E-state index in [0.29, 0.717) is 16.5 Å². The molecule has 0 saturated heterocycles. The van der Waals surface area contributed by atoms with Gasteiger partial charge in [0.25, 0.3) is 5.91 Å². The Balaban J connectivity index is 1.80. The highest BCUT2D eigenvalue weighted by Crippen LogP contribution is 2.20. The van der Waals surface area contributed by atoms with Gasteiger partial charge in [0.05, 0.1) is 17.3 Å². The molecule has 5 nitrogen and oxygen atoms in total. The summed E-state index contributed by atoms with van der Waals surface area (Å²) in [5.74, 6) is 0.0181. The number of hydrogen-bond acceptors (Lipinski definition) is 3. The fraction of sp³-hybridized carbons (Fsp3) is 0.263. The van der Waals surface area contributed by atoms with Gasteiger partial charge in [-0.1, -0.05) is 42.8 Å². The number of carbonyl (C=O) groups is 2. The average molecular weight is 361 g/mol. The van der Waals surface area contributed by atoms with Crippen molar-refractivity contribution in [3.8, 4) is 5.75 Å². The summed E-state index contributed by atoms with van der Waals surface area (Å²) in [5.41, 5.74) is 1.72. The Morgan fingerprint density at radius 2 is 1.80 bits per heavy atom. The number of amides is 2. The number of hydrogen-bond donors (Lipinski definition) is 1. The molecule has 2 rings (SSSR count). The van der Waals surface area contributed by atoms with E-state index in [1.807, 2.05) is 24.3 Å². The minimum atomic E-state index is -0.323. The van der Waals surface area contributed by atoms with E-state index in [-0.39, 0.29) is 25.0 Å². The van der Waals surface area contributed by atoms with Crippen molar-refractivity contribution in [2.45, 2.75) is 13.3 Å². The zero-order chi connectivity index (χ0) is 18.2. The number of likely N-dealkylation sites (N-methyl/N-ethyl adjacent to an activating group) is 1. The third kappa shape index (κ3) is 5.80. The van der Waals surface area contributed by atoms with E-state index in [0.717, 1.165) is 6.42 Å². The smallest absolute Gasteiger partial charge is 0.260 e. The van der Waals surface area contributed by atoms with Crippen LogP contribution in [0.5, 0.6) is 5.75 Å². The van der Waals surface area contributed by atoms with Crippen molar-refractivity contribution in [3.63, 3.8) is 0 Å². The van der Waals surface area contributed by atoms with Crippen molar-refractivity contribution in [1.82, 2.24) is 4.90 Å². The monoisotopic (exact) mass is 360 g/mol. The number of para-hydroxylation sites is 1. The number of anilines is 1. The zero-order valence-electron chi connectivity index (χ0n) is 14.3. The van der Waals surface area contributed by atoms with Crippen LogP contribution < -0.4 is 10.1 Å². The summed E-state index contributed by atoms with van der Waals surface area (Å²) in [6, 6.07) is 14.5. The first-order valence-corrected chi connectivity index (χ1v) is 8.37. The van der Waals surface area contributed by atoms with Crippen LogP contribution in [0.3, 0.4) is 0 Å². The number of nitrogens with zero attached hydrogens (tertiary/aromatic N) is 1. The maximum absolute atomic E-state index is 12.1. The second-order valence-corrected chi connectivity index (χ2v) is 5.97. The summed E-state index contributed by atoms with van der Waals surface area (Å²) < 4.78 is 5.46. The molecule has 6 heteroatoms. The summed E-state index contributed by atoms with van der Waals surface area (Å²) in [4.78, 5) is 25.4. The molecule has 0 saturated carbocycles. The maximum Gasteiger partial charge on any atom is 0.260 e. The highest BCUT2D eigenvalue weighted by molar-refractivity contribution is 6.33. The normalized spacial score (nSPS) is 10.2. The number of halogens is 1. The molecule has 2 amide bonds. The molecule has 2 aromatic carbocycles. The third-order valence-corrected chi connectivity index (χ3v) is 3.98. The summed E-state index contributed by atoms with van der Waals surface area (Å²) in [7, 11) is 1.55. The maximum atomic E-state index is 12.1. The largest absolute Gasteiger partial charge is 0.484 e. The minimum absolute atomic E-state index is 0.0812. The Labute approximate surface area is 152 Å². The van der Waals surface area contributed by atoms with Gasteiger partial charge in [0.1, 0.15) is 5.75 Å². The molecule has 0 spiro atoms. The standard InChI is InChI=1S/C19H21ClN2O3/c1-3-14-8-10-15(11-9-14)25-13-19(24)22(2)12-18(23)21-17-7-5-4-6-16(17)20/h4-11H,3,12-13H2,1-2H3,(H,21,23). The van der Waals surface area contributed by atoms with Crippen molar-refractivity contribution >= 4 is 29.1 Å². The number of carbonyl (C=O) groups excluding carboxylic acids is 2. The molecule has 0 aliphatic heterocycles. The number of aryl methyl sites for hydroxylation is 1. The quantitative estimate of drug-likeness (QED) is 0.823. The van der Waals surface area contributed by atoms with Gasteiger partial charge < -0.3 is 15.0 Å². The highest BCUT2D eigenvalue weighted by Gasteiger charge is 2.14. The van der Waals surface area contributed by atoms with Gasteiger partial charge in [-0.25, -0.2) is 0 Å². The van der Waals surface area contributed by atoms with Gasteiger partial charge in [0.15, 0.2) is 6.61 Å². The lowest BCUT2D eigenvalue weighted by atomic mass is 10.2. The molecule has 0 atom stereocenters. The third-order valence-electron chi connectivity index (χ3n) is 3.65. The van der Waals surface area contributed by atoms with Crippen LogP contribution in [0.2, 0.25) is 5.02 Å². The second-order valence-electron chi connectivity index (χ2n) is 5.56. The van der Waals surface area contributed by atoms with Gasteiger partial charge in [0.2, 0.25) is 5.91 Å². The van der Waals surface area contributed by atoms with Gasteiger partial charge >= 0.3 is 0 Å². The summed E-state index contributed by atoms with van der Waals surface area (Å²) >= 11 is 5.99. The SMILES string of the molecule is CCc1ccc(OCC(=O)N(C)CC(=O)Nc2ccccc2Cl)cc1. The fourth-order valence-corrected chi connectivity index (χ4v) is 2.32.